The van der Waals surface area contributed by atoms with Gasteiger partial charge in [0.05, 0.1) is 17.6 Å². The Bertz CT molecular complexity index is 837. The van der Waals surface area contributed by atoms with Crippen LogP contribution < -0.4 is 5.56 Å². The van der Waals surface area contributed by atoms with Crippen LogP contribution in [0.2, 0.25) is 0 Å². The molecule has 0 radical (unpaired) electrons. The molecule has 1 saturated heterocycles. The first-order valence-corrected chi connectivity index (χ1v) is 8.72. The number of aliphatic hydroxyl groups is 2. The molecule has 2 heterocycles. The molecular weight excluding hydrogens is 336 g/mol. The Morgan fingerprint density at radius 1 is 1.31 bits per heavy atom. The fraction of sp³-hybridized carbons (Fsp3) is 0.500. The molecule has 1 fully saturated rings. The molecule has 140 valence electrons. The summed E-state index contributed by atoms with van der Waals surface area (Å²) in [5.41, 5.74) is 0.527. The van der Waals surface area contributed by atoms with Gasteiger partial charge in [-0.1, -0.05) is 12.1 Å². The lowest BCUT2D eigenvalue weighted by Crippen LogP contribution is -2.35. The van der Waals surface area contributed by atoms with Crippen LogP contribution in [-0.4, -0.2) is 82.3 Å². The fourth-order valence-electron chi connectivity index (χ4n) is 3.50. The summed E-state index contributed by atoms with van der Waals surface area (Å²) in [6.07, 6.45) is 0. The maximum atomic E-state index is 12.8. The van der Waals surface area contributed by atoms with Gasteiger partial charge < -0.3 is 25.0 Å². The smallest absolute Gasteiger partial charge is 0.280 e. The van der Waals surface area contributed by atoms with Crippen LogP contribution in [0.25, 0.3) is 11.0 Å². The van der Waals surface area contributed by atoms with Gasteiger partial charge in [0.1, 0.15) is 0 Å². The zero-order valence-corrected chi connectivity index (χ0v) is 14.8. The van der Waals surface area contributed by atoms with Gasteiger partial charge in [-0.2, -0.15) is 0 Å². The highest BCUT2D eigenvalue weighted by molar-refractivity contribution is 5.93. The number of aromatic amines is 1. The molecule has 0 saturated carbocycles. The molecule has 8 heteroatoms. The first-order valence-electron chi connectivity index (χ1n) is 8.72. The fourth-order valence-corrected chi connectivity index (χ4v) is 3.50. The third kappa shape index (κ3) is 3.77. The zero-order chi connectivity index (χ0) is 18.7. The highest BCUT2D eigenvalue weighted by atomic mass is 16.3. The van der Waals surface area contributed by atoms with E-state index in [0.717, 1.165) is 0 Å². The Labute approximate surface area is 151 Å². The number of aromatic nitrogens is 2. The predicted octanol–water partition coefficient (Wildman–Crippen LogP) is -0.472. The van der Waals surface area contributed by atoms with E-state index in [9.17, 15) is 14.7 Å². The Morgan fingerprint density at radius 2 is 2.04 bits per heavy atom. The first-order chi connectivity index (χ1) is 12.5. The van der Waals surface area contributed by atoms with E-state index in [1.807, 2.05) is 11.9 Å². The largest absolute Gasteiger partial charge is 0.396 e. The number of likely N-dealkylation sites (N-methyl/N-ethyl adjacent to an activating group) is 1. The number of likely N-dealkylation sites (tertiary alicyclic amines) is 1. The van der Waals surface area contributed by atoms with Crippen LogP contribution in [0.3, 0.4) is 0 Å². The number of benzene rings is 1. The number of amides is 1. The predicted molar refractivity (Wildman–Crippen MR) is 96.9 cm³/mol. The highest BCUT2D eigenvalue weighted by Crippen LogP contribution is 2.25. The van der Waals surface area contributed by atoms with Gasteiger partial charge in [-0.05, 0) is 25.1 Å². The van der Waals surface area contributed by atoms with Crippen LogP contribution in [-0.2, 0) is 0 Å². The molecule has 26 heavy (non-hydrogen) atoms. The highest BCUT2D eigenvalue weighted by Gasteiger charge is 2.36. The summed E-state index contributed by atoms with van der Waals surface area (Å²) in [6, 6.07) is 7.08. The Kier molecular flexibility index (Phi) is 5.65. The second kappa shape index (κ2) is 7.94. The van der Waals surface area contributed by atoms with E-state index in [1.165, 1.54) is 0 Å². The number of aliphatic hydroxyl groups excluding tert-OH is 2. The molecule has 3 N–H and O–H groups in total. The molecule has 1 aliphatic rings. The van der Waals surface area contributed by atoms with Gasteiger partial charge >= 0.3 is 0 Å². The molecule has 1 amide bonds. The number of carbonyl (C=O) groups excluding carboxylic acids is 1. The number of nitrogens with one attached hydrogen (secondary N) is 1. The van der Waals surface area contributed by atoms with Gasteiger partial charge in [-0.15, -0.1) is 0 Å². The average Bonchev–Trinajstić information content (AvgIpc) is 3.03. The normalized spacial score (nSPS) is 20.2. The SMILES string of the molecule is CN(CCO)C[C@@H]1CN(C(=O)c2nc3ccccc3[nH]c2=O)C[C@@H]1CO. The summed E-state index contributed by atoms with van der Waals surface area (Å²) in [7, 11) is 1.89. The first kappa shape index (κ1) is 18.5. The molecule has 2 atom stereocenters. The molecule has 0 aliphatic carbocycles. The molecule has 0 spiro atoms. The van der Waals surface area contributed by atoms with Crippen molar-refractivity contribution in [1.82, 2.24) is 19.8 Å². The van der Waals surface area contributed by atoms with Crippen LogP contribution in [0, 0.1) is 11.8 Å². The molecule has 0 unspecified atom stereocenters. The third-order valence-corrected chi connectivity index (χ3v) is 4.93. The summed E-state index contributed by atoms with van der Waals surface area (Å²) in [6.45, 7) is 2.08. The number of carbonyl (C=O) groups is 1. The minimum atomic E-state index is -0.505. The standard InChI is InChI=1S/C18H24N4O4/c1-21(6-7-23)8-12-9-22(10-13(12)11-24)18(26)16-17(25)20-15-5-3-2-4-14(15)19-16/h2-5,12-13,23-24H,6-11H2,1H3,(H,20,25)/t12-,13-/m1/s1. The lowest BCUT2D eigenvalue weighted by atomic mass is 9.96. The van der Waals surface area contributed by atoms with Crippen LogP contribution in [0.4, 0.5) is 0 Å². The van der Waals surface area contributed by atoms with Gasteiger partial charge in [-0.3, -0.25) is 9.59 Å². The van der Waals surface area contributed by atoms with E-state index in [2.05, 4.69) is 9.97 Å². The number of H-pyrrole nitrogens is 1. The second-order valence-electron chi connectivity index (χ2n) is 6.83. The lowest BCUT2D eigenvalue weighted by Gasteiger charge is -2.23. The number of rotatable bonds is 6. The Balaban J connectivity index is 1.80. The van der Waals surface area contributed by atoms with E-state index < -0.39 is 11.5 Å². The number of nitrogens with zero attached hydrogens (tertiary/aromatic N) is 3. The van der Waals surface area contributed by atoms with Crippen molar-refractivity contribution in [2.24, 2.45) is 11.8 Å². The van der Waals surface area contributed by atoms with Crippen molar-refractivity contribution in [3.8, 4) is 0 Å². The van der Waals surface area contributed by atoms with Crippen molar-refractivity contribution in [1.29, 1.82) is 0 Å². The molecule has 1 aromatic carbocycles. The molecule has 2 aromatic rings. The van der Waals surface area contributed by atoms with Crippen molar-refractivity contribution in [2.75, 3.05) is 46.4 Å². The third-order valence-electron chi connectivity index (χ3n) is 4.93. The molecule has 3 rings (SSSR count). The number of fused-ring (bicyclic) bond motifs is 1. The molecule has 1 aromatic heterocycles. The number of hydrogen-bond donors (Lipinski definition) is 3. The van der Waals surface area contributed by atoms with Gasteiger partial charge in [0, 0.05) is 38.7 Å². The van der Waals surface area contributed by atoms with Crippen molar-refractivity contribution in [3.63, 3.8) is 0 Å². The summed E-state index contributed by atoms with van der Waals surface area (Å²) < 4.78 is 0. The molecular formula is C18H24N4O4. The van der Waals surface area contributed by atoms with Gasteiger partial charge in [-0.25, -0.2) is 4.98 Å². The van der Waals surface area contributed by atoms with E-state index in [-0.39, 0.29) is 30.7 Å². The zero-order valence-electron chi connectivity index (χ0n) is 14.8. The quantitative estimate of drug-likeness (QED) is 0.642. The summed E-state index contributed by atoms with van der Waals surface area (Å²) in [5.74, 6) is -0.387. The average molecular weight is 360 g/mol. The van der Waals surface area contributed by atoms with Crippen molar-refractivity contribution in [3.05, 3.63) is 40.3 Å². The number of para-hydroxylation sites is 2. The Morgan fingerprint density at radius 3 is 2.77 bits per heavy atom. The van der Waals surface area contributed by atoms with Crippen LogP contribution in [0.15, 0.2) is 29.1 Å². The minimum Gasteiger partial charge on any atom is -0.396 e. The maximum Gasteiger partial charge on any atom is 0.280 e. The van der Waals surface area contributed by atoms with E-state index >= 15 is 0 Å². The van der Waals surface area contributed by atoms with E-state index in [0.29, 0.717) is 37.2 Å². The molecule has 8 nitrogen and oxygen atoms in total. The van der Waals surface area contributed by atoms with Crippen molar-refractivity contribution in [2.45, 2.75) is 0 Å². The monoisotopic (exact) mass is 360 g/mol. The summed E-state index contributed by atoms with van der Waals surface area (Å²) in [5, 5.41) is 18.7. The topological polar surface area (TPSA) is 110 Å². The van der Waals surface area contributed by atoms with Crippen LogP contribution in [0.1, 0.15) is 10.5 Å². The second-order valence-corrected chi connectivity index (χ2v) is 6.83. The minimum absolute atomic E-state index is 0.0249. The van der Waals surface area contributed by atoms with Gasteiger partial charge in [0.2, 0.25) is 0 Å². The van der Waals surface area contributed by atoms with E-state index in [4.69, 9.17) is 5.11 Å². The van der Waals surface area contributed by atoms with Gasteiger partial charge in [0.25, 0.3) is 11.5 Å². The van der Waals surface area contributed by atoms with Crippen LogP contribution in [0.5, 0.6) is 0 Å². The van der Waals surface area contributed by atoms with Crippen molar-refractivity contribution < 1.29 is 15.0 Å². The maximum absolute atomic E-state index is 12.8. The van der Waals surface area contributed by atoms with Gasteiger partial charge in [0.15, 0.2) is 5.69 Å². The molecule has 1 aliphatic heterocycles. The van der Waals surface area contributed by atoms with Crippen molar-refractivity contribution >= 4 is 16.9 Å². The molecule has 0 bridgehead atoms. The lowest BCUT2D eigenvalue weighted by molar-refractivity contribution is 0.0771. The summed E-state index contributed by atoms with van der Waals surface area (Å²) >= 11 is 0. The Hall–Kier alpha value is -2.29. The number of hydrogen-bond acceptors (Lipinski definition) is 6. The summed E-state index contributed by atoms with van der Waals surface area (Å²) in [4.78, 5) is 35.6. The van der Waals surface area contributed by atoms with Crippen LogP contribution >= 0.6 is 0 Å². The van der Waals surface area contributed by atoms with E-state index in [1.54, 1.807) is 29.2 Å².